The molecule has 1 aliphatic rings. The van der Waals surface area contributed by atoms with Crippen molar-refractivity contribution in [3.63, 3.8) is 0 Å². The molecule has 7 nitrogen and oxygen atoms in total. The predicted octanol–water partition coefficient (Wildman–Crippen LogP) is 1.50. The summed E-state index contributed by atoms with van der Waals surface area (Å²) < 4.78 is 9.87. The first-order valence-corrected chi connectivity index (χ1v) is 7.58. The van der Waals surface area contributed by atoms with E-state index in [9.17, 15) is 4.79 Å². The van der Waals surface area contributed by atoms with Crippen LogP contribution in [0.4, 0.5) is 0 Å². The highest BCUT2D eigenvalue weighted by Gasteiger charge is 2.33. The van der Waals surface area contributed by atoms with Gasteiger partial charge in [-0.15, -0.1) is 0 Å². The highest BCUT2D eigenvalue weighted by Crippen LogP contribution is 2.35. The monoisotopic (exact) mass is 316 g/mol. The zero-order chi connectivity index (χ0) is 16.2. The average Bonchev–Trinajstić information content (AvgIpc) is 3.20. The Morgan fingerprint density at radius 2 is 2.43 bits per heavy atom. The minimum absolute atomic E-state index is 0.158. The van der Waals surface area contributed by atoms with Crippen LogP contribution in [-0.4, -0.2) is 48.2 Å². The van der Waals surface area contributed by atoms with Gasteiger partial charge in [-0.2, -0.15) is 0 Å². The van der Waals surface area contributed by atoms with Crippen molar-refractivity contribution in [3.8, 4) is 5.88 Å². The second-order valence-electron chi connectivity index (χ2n) is 5.70. The number of methoxy groups -OCH3 is 1. The Kier molecular flexibility index (Phi) is 4.57. The molecule has 0 radical (unpaired) electrons. The minimum atomic E-state index is -0.278. The molecule has 23 heavy (non-hydrogen) atoms. The summed E-state index contributed by atoms with van der Waals surface area (Å²) in [6.45, 7) is 1.57. The van der Waals surface area contributed by atoms with Crippen molar-refractivity contribution in [1.82, 2.24) is 20.4 Å². The quantitative estimate of drug-likeness (QED) is 0.900. The molecule has 0 aliphatic carbocycles. The third-order valence-electron chi connectivity index (χ3n) is 4.25. The largest absolute Gasteiger partial charge is 0.479 e. The highest BCUT2D eigenvalue weighted by atomic mass is 16.5. The summed E-state index contributed by atoms with van der Waals surface area (Å²) in [5, 5.41) is 6.56. The van der Waals surface area contributed by atoms with Gasteiger partial charge in [-0.05, 0) is 42.7 Å². The molecule has 2 aromatic heterocycles. The van der Waals surface area contributed by atoms with E-state index in [1.54, 1.807) is 6.20 Å². The molecule has 1 saturated heterocycles. The lowest BCUT2D eigenvalue weighted by molar-refractivity contribution is 0.0906. The average molecular weight is 316 g/mol. The summed E-state index contributed by atoms with van der Waals surface area (Å²) >= 11 is 0. The summed E-state index contributed by atoms with van der Waals surface area (Å²) in [6.07, 6.45) is 4.69. The van der Waals surface area contributed by atoms with Crippen LogP contribution in [0.3, 0.4) is 0 Å². The molecule has 122 valence electrons. The molecule has 2 atom stereocenters. The van der Waals surface area contributed by atoms with Gasteiger partial charge in [-0.25, -0.2) is 0 Å². The molecular formula is C16H20N4O3. The third-order valence-corrected chi connectivity index (χ3v) is 4.25. The van der Waals surface area contributed by atoms with Crippen LogP contribution in [0.5, 0.6) is 5.88 Å². The van der Waals surface area contributed by atoms with E-state index in [0.717, 1.165) is 13.0 Å². The third kappa shape index (κ3) is 3.34. The van der Waals surface area contributed by atoms with Gasteiger partial charge in [-0.3, -0.25) is 14.7 Å². The topological polar surface area (TPSA) is 80.5 Å². The molecule has 0 saturated carbocycles. The van der Waals surface area contributed by atoms with Crippen molar-refractivity contribution in [2.75, 3.05) is 27.2 Å². The molecule has 1 N–H and O–H groups in total. The molecule has 7 heteroatoms. The molecule has 1 fully saturated rings. The number of amides is 1. The maximum absolute atomic E-state index is 12.1. The molecule has 3 heterocycles. The maximum Gasteiger partial charge on any atom is 0.290 e. The summed E-state index contributed by atoms with van der Waals surface area (Å²) in [4.78, 5) is 18.6. The molecule has 1 amide bonds. The van der Waals surface area contributed by atoms with E-state index < -0.39 is 0 Å². The van der Waals surface area contributed by atoms with Gasteiger partial charge in [-0.1, -0.05) is 6.07 Å². The fraction of sp³-hybridized carbons (Fsp3) is 0.438. The summed E-state index contributed by atoms with van der Waals surface area (Å²) in [7, 11) is 3.58. The Bertz CT molecular complexity index is 658. The van der Waals surface area contributed by atoms with Crippen LogP contribution in [0.2, 0.25) is 0 Å². The lowest BCUT2D eigenvalue weighted by Crippen LogP contribution is -2.32. The van der Waals surface area contributed by atoms with Crippen molar-refractivity contribution in [2.45, 2.75) is 12.5 Å². The van der Waals surface area contributed by atoms with E-state index in [1.165, 1.54) is 18.7 Å². The predicted molar refractivity (Wildman–Crippen MR) is 83.1 cm³/mol. The molecule has 1 aliphatic heterocycles. The van der Waals surface area contributed by atoms with Gasteiger partial charge in [0.15, 0.2) is 0 Å². The number of pyridine rings is 1. The van der Waals surface area contributed by atoms with E-state index in [4.69, 9.17) is 9.26 Å². The smallest absolute Gasteiger partial charge is 0.290 e. The van der Waals surface area contributed by atoms with Crippen molar-refractivity contribution < 1.29 is 14.1 Å². The molecule has 0 bridgehead atoms. The maximum atomic E-state index is 12.1. The second kappa shape index (κ2) is 6.78. The Morgan fingerprint density at radius 3 is 3.13 bits per heavy atom. The first kappa shape index (κ1) is 15.5. The van der Waals surface area contributed by atoms with E-state index in [-0.39, 0.29) is 17.7 Å². The number of ether oxygens (including phenoxy) is 1. The van der Waals surface area contributed by atoms with Gasteiger partial charge in [0.1, 0.15) is 0 Å². The lowest BCUT2D eigenvalue weighted by Gasteiger charge is -2.25. The minimum Gasteiger partial charge on any atom is -0.479 e. The first-order chi connectivity index (χ1) is 11.2. The summed E-state index contributed by atoms with van der Waals surface area (Å²) in [6, 6.07) is 5.76. The fourth-order valence-corrected chi connectivity index (χ4v) is 3.09. The van der Waals surface area contributed by atoms with Crippen LogP contribution in [0.25, 0.3) is 0 Å². The SMILES string of the molecule is COc1cc(C(=O)NC[C@@H]2CCN(C)[C@H]2c2cccnc2)on1. The van der Waals surface area contributed by atoms with E-state index in [2.05, 4.69) is 33.5 Å². The summed E-state index contributed by atoms with van der Waals surface area (Å²) in [5.41, 5.74) is 1.17. The number of nitrogens with one attached hydrogen (secondary N) is 1. The van der Waals surface area contributed by atoms with Crippen molar-refractivity contribution in [1.29, 1.82) is 0 Å². The Balaban J connectivity index is 1.64. The molecular weight excluding hydrogens is 296 g/mol. The fourth-order valence-electron chi connectivity index (χ4n) is 3.09. The zero-order valence-corrected chi connectivity index (χ0v) is 13.2. The van der Waals surface area contributed by atoms with Crippen LogP contribution >= 0.6 is 0 Å². The van der Waals surface area contributed by atoms with Gasteiger partial charge in [0.2, 0.25) is 5.76 Å². The molecule has 0 aromatic carbocycles. The Morgan fingerprint density at radius 1 is 1.57 bits per heavy atom. The lowest BCUT2D eigenvalue weighted by atomic mass is 9.95. The molecule has 0 spiro atoms. The van der Waals surface area contributed by atoms with Crippen LogP contribution in [0, 0.1) is 5.92 Å². The van der Waals surface area contributed by atoms with Crippen LogP contribution in [0.15, 0.2) is 35.1 Å². The van der Waals surface area contributed by atoms with Gasteiger partial charge in [0.25, 0.3) is 11.8 Å². The number of likely N-dealkylation sites (tertiary alicyclic amines) is 1. The number of nitrogens with zero attached hydrogens (tertiary/aromatic N) is 3. The molecule has 3 rings (SSSR count). The summed E-state index contributed by atoms with van der Waals surface area (Å²) in [5.74, 6) is 0.508. The highest BCUT2D eigenvalue weighted by molar-refractivity contribution is 5.91. The van der Waals surface area contributed by atoms with E-state index in [1.807, 2.05) is 12.3 Å². The van der Waals surface area contributed by atoms with Crippen molar-refractivity contribution in [3.05, 3.63) is 41.9 Å². The number of hydrogen-bond donors (Lipinski definition) is 1. The number of aromatic nitrogens is 2. The molecule has 0 unspecified atom stereocenters. The number of carbonyl (C=O) groups is 1. The van der Waals surface area contributed by atoms with E-state index >= 15 is 0 Å². The Labute approximate surface area is 134 Å². The van der Waals surface area contributed by atoms with Crippen LogP contribution < -0.4 is 10.1 Å². The number of rotatable bonds is 5. The first-order valence-electron chi connectivity index (χ1n) is 7.58. The van der Waals surface area contributed by atoms with Crippen molar-refractivity contribution in [2.24, 2.45) is 5.92 Å². The van der Waals surface area contributed by atoms with Gasteiger partial charge < -0.3 is 14.6 Å². The Hall–Kier alpha value is -2.41. The zero-order valence-electron chi connectivity index (χ0n) is 13.2. The van der Waals surface area contributed by atoms with Gasteiger partial charge in [0, 0.05) is 25.0 Å². The van der Waals surface area contributed by atoms with Crippen LogP contribution in [-0.2, 0) is 0 Å². The van der Waals surface area contributed by atoms with E-state index in [0.29, 0.717) is 18.3 Å². The number of hydrogen-bond acceptors (Lipinski definition) is 6. The number of carbonyl (C=O) groups excluding carboxylic acids is 1. The molecule has 2 aromatic rings. The normalized spacial score (nSPS) is 21.3. The van der Waals surface area contributed by atoms with Gasteiger partial charge in [0.05, 0.1) is 13.2 Å². The van der Waals surface area contributed by atoms with Crippen molar-refractivity contribution >= 4 is 5.91 Å². The van der Waals surface area contributed by atoms with Crippen LogP contribution in [0.1, 0.15) is 28.6 Å². The standard InChI is InChI=1S/C16H20N4O3/c1-20-7-5-12(15(20)11-4-3-6-17-9-11)10-18-16(21)13-8-14(22-2)19-23-13/h3-4,6,8-9,12,15H,5,7,10H2,1-2H3,(H,18,21)/t12-,15-/m0/s1. The van der Waals surface area contributed by atoms with Gasteiger partial charge >= 0.3 is 0 Å². The second-order valence-corrected chi connectivity index (χ2v) is 5.70.